The molecule has 5 atom stereocenters. The number of fused-ring (bicyclic) bond motifs is 1. The zero-order valence-electron chi connectivity index (χ0n) is 8.19. The van der Waals surface area contributed by atoms with E-state index in [-0.39, 0.29) is 24.0 Å². The summed E-state index contributed by atoms with van der Waals surface area (Å²) in [6.45, 7) is 3.63. The summed E-state index contributed by atoms with van der Waals surface area (Å²) in [5.41, 5.74) is 0. The molecule has 4 aliphatic rings. The summed E-state index contributed by atoms with van der Waals surface area (Å²) in [6.07, 6.45) is 4.32. The molecule has 4 bridgehead atoms. The van der Waals surface area contributed by atoms with E-state index in [1.165, 1.54) is 6.42 Å². The average Bonchev–Trinajstić information content (AvgIpc) is 2.31. The van der Waals surface area contributed by atoms with E-state index in [0.717, 1.165) is 19.3 Å². The largest absolute Gasteiger partial charge is 0.460 e. The van der Waals surface area contributed by atoms with Crippen molar-refractivity contribution in [1.82, 2.24) is 0 Å². The molecule has 76 valence electrons. The van der Waals surface area contributed by atoms with Gasteiger partial charge in [0.2, 0.25) is 0 Å². The van der Waals surface area contributed by atoms with Crippen LogP contribution in [0.25, 0.3) is 0 Å². The maximum atomic E-state index is 11.6. The number of carbonyl (C=O) groups excluding carboxylic acids is 1. The standard InChI is InChI=1S/C11H15NO2/c1-12-10-7-2-6-3-8(5-7)11(13)14-9(10)4-6/h6-10H,1-5H2. The maximum absolute atomic E-state index is 11.6. The first-order valence-corrected chi connectivity index (χ1v) is 5.44. The summed E-state index contributed by atoms with van der Waals surface area (Å²) in [6, 6.07) is 0.181. The number of hydrogen-bond donors (Lipinski definition) is 0. The summed E-state index contributed by atoms with van der Waals surface area (Å²) in [7, 11) is 0. The molecule has 2 aliphatic carbocycles. The van der Waals surface area contributed by atoms with Crippen molar-refractivity contribution in [2.45, 2.75) is 37.8 Å². The van der Waals surface area contributed by atoms with Crippen molar-refractivity contribution in [3.05, 3.63) is 0 Å². The third-order valence-electron chi connectivity index (χ3n) is 4.08. The lowest BCUT2D eigenvalue weighted by Gasteiger charge is -2.40. The zero-order chi connectivity index (χ0) is 9.71. The lowest BCUT2D eigenvalue weighted by atomic mass is 9.66. The Kier molecular flexibility index (Phi) is 1.70. The molecule has 14 heavy (non-hydrogen) atoms. The van der Waals surface area contributed by atoms with Crippen molar-refractivity contribution in [2.24, 2.45) is 22.7 Å². The second-order valence-corrected chi connectivity index (χ2v) is 4.91. The number of nitrogens with zero attached hydrogens (tertiary/aromatic N) is 1. The first-order chi connectivity index (χ1) is 6.78. The number of carbonyl (C=O) groups is 1. The molecule has 2 aliphatic heterocycles. The van der Waals surface area contributed by atoms with E-state index >= 15 is 0 Å². The van der Waals surface area contributed by atoms with Gasteiger partial charge in [-0.25, -0.2) is 0 Å². The van der Waals surface area contributed by atoms with Gasteiger partial charge in [0.05, 0.1) is 12.0 Å². The lowest BCUT2D eigenvalue weighted by molar-refractivity contribution is -0.151. The van der Waals surface area contributed by atoms with E-state index in [2.05, 4.69) is 11.7 Å². The topological polar surface area (TPSA) is 38.7 Å². The summed E-state index contributed by atoms with van der Waals surface area (Å²) >= 11 is 0. The molecule has 2 saturated heterocycles. The van der Waals surface area contributed by atoms with Crippen LogP contribution in [0, 0.1) is 17.8 Å². The summed E-state index contributed by atoms with van der Waals surface area (Å²) in [5, 5.41) is 0. The third-order valence-corrected chi connectivity index (χ3v) is 4.08. The van der Waals surface area contributed by atoms with Crippen LogP contribution in [-0.4, -0.2) is 24.8 Å². The number of ether oxygens (including phenoxy) is 1. The normalized spacial score (nSPS) is 50.0. The molecule has 2 saturated carbocycles. The first-order valence-electron chi connectivity index (χ1n) is 5.44. The van der Waals surface area contributed by atoms with Crippen LogP contribution < -0.4 is 0 Å². The van der Waals surface area contributed by atoms with E-state index in [9.17, 15) is 4.79 Å². The van der Waals surface area contributed by atoms with E-state index in [4.69, 9.17) is 4.74 Å². The van der Waals surface area contributed by atoms with Crippen LogP contribution >= 0.6 is 0 Å². The highest BCUT2D eigenvalue weighted by Crippen LogP contribution is 2.47. The van der Waals surface area contributed by atoms with Crippen molar-refractivity contribution in [1.29, 1.82) is 0 Å². The van der Waals surface area contributed by atoms with Crippen LogP contribution in [0.15, 0.2) is 4.99 Å². The first kappa shape index (κ1) is 8.45. The van der Waals surface area contributed by atoms with Crippen molar-refractivity contribution in [3.63, 3.8) is 0 Å². The summed E-state index contributed by atoms with van der Waals surface area (Å²) in [4.78, 5) is 15.8. The Bertz CT molecular complexity index is 289. The van der Waals surface area contributed by atoms with Gasteiger partial charge in [-0.05, 0) is 44.2 Å². The van der Waals surface area contributed by atoms with Gasteiger partial charge < -0.3 is 4.74 Å². The van der Waals surface area contributed by atoms with Crippen LogP contribution in [0.5, 0.6) is 0 Å². The van der Waals surface area contributed by atoms with Crippen molar-refractivity contribution < 1.29 is 9.53 Å². The van der Waals surface area contributed by atoms with Gasteiger partial charge in [0.15, 0.2) is 0 Å². The molecular formula is C11H15NO2. The van der Waals surface area contributed by atoms with Gasteiger partial charge in [-0.15, -0.1) is 0 Å². The van der Waals surface area contributed by atoms with Gasteiger partial charge in [0.25, 0.3) is 0 Å². The predicted octanol–water partition coefficient (Wildman–Crippen LogP) is 1.42. The monoisotopic (exact) mass is 193 g/mol. The highest BCUT2D eigenvalue weighted by molar-refractivity contribution is 5.73. The van der Waals surface area contributed by atoms with Gasteiger partial charge >= 0.3 is 5.97 Å². The molecule has 0 aromatic carbocycles. The van der Waals surface area contributed by atoms with Crippen LogP contribution in [0.3, 0.4) is 0 Å². The second-order valence-electron chi connectivity index (χ2n) is 4.91. The van der Waals surface area contributed by atoms with Crippen molar-refractivity contribution >= 4 is 12.7 Å². The Labute approximate surface area is 83.5 Å². The van der Waals surface area contributed by atoms with Crippen LogP contribution in [0.4, 0.5) is 0 Å². The Morgan fingerprint density at radius 2 is 2.14 bits per heavy atom. The van der Waals surface area contributed by atoms with Crippen LogP contribution in [0.1, 0.15) is 25.7 Å². The van der Waals surface area contributed by atoms with Gasteiger partial charge in [0.1, 0.15) is 6.10 Å². The molecule has 0 N–H and O–H groups in total. The highest BCUT2D eigenvalue weighted by Gasteiger charge is 2.49. The second kappa shape index (κ2) is 2.81. The quantitative estimate of drug-likeness (QED) is 0.466. The molecule has 0 spiro atoms. The van der Waals surface area contributed by atoms with Gasteiger partial charge in [-0.2, -0.15) is 0 Å². The third kappa shape index (κ3) is 1.04. The Morgan fingerprint density at radius 1 is 1.29 bits per heavy atom. The fourth-order valence-corrected chi connectivity index (χ4v) is 3.55. The summed E-state index contributed by atoms with van der Waals surface area (Å²) in [5.74, 6) is 1.44. The molecule has 3 heteroatoms. The predicted molar refractivity (Wildman–Crippen MR) is 52.2 cm³/mol. The Hall–Kier alpha value is -0.860. The summed E-state index contributed by atoms with van der Waals surface area (Å²) < 4.78 is 5.47. The molecule has 4 fully saturated rings. The highest BCUT2D eigenvalue weighted by atomic mass is 16.5. The molecule has 5 unspecified atom stereocenters. The fourth-order valence-electron chi connectivity index (χ4n) is 3.55. The molecule has 0 aromatic rings. The zero-order valence-corrected chi connectivity index (χ0v) is 8.19. The Morgan fingerprint density at radius 3 is 2.93 bits per heavy atom. The molecule has 0 radical (unpaired) electrons. The minimum Gasteiger partial charge on any atom is -0.460 e. The maximum Gasteiger partial charge on any atom is 0.309 e. The molecule has 0 aromatic heterocycles. The number of rotatable bonds is 1. The Balaban J connectivity index is 1.98. The van der Waals surface area contributed by atoms with Gasteiger partial charge in [-0.1, -0.05) is 0 Å². The van der Waals surface area contributed by atoms with Crippen molar-refractivity contribution in [2.75, 3.05) is 0 Å². The SMILES string of the molecule is C=NC1C2CC3CC(C2)C(=O)OC1C3. The van der Waals surface area contributed by atoms with Crippen molar-refractivity contribution in [3.8, 4) is 0 Å². The molecule has 0 amide bonds. The molecular weight excluding hydrogens is 178 g/mol. The minimum absolute atomic E-state index is 0.0216. The van der Waals surface area contributed by atoms with Crippen LogP contribution in [0.2, 0.25) is 0 Å². The van der Waals surface area contributed by atoms with E-state index in [0.29, 0.717) is 11.8 Å². The average molecular weight is 193 g/mol. The fraction of sp³-hybridized carbons (Fsp3) is 0.818. The minimum atomic E-state index is 0.0216. The number of aliphatic imine (C=N–C) groups is 1. The smallest absolute Gasteiger partial charge is 0.309 e. The van der Waals surface area contributed by atoms with E-state index in [1.54, 1.807) is 0 Å². The van der Waals surface area contributed by atoms with Gasteiger partial charge in [0, 0.05) is 0 Å². The van der Waals surface area contributed by atoms with Crippen LogP contribution in [-0.2, 0) is 9.53 Å². The van der Waals surface area contributed by atoms with E-state index < -0.39 is 0 Å². The lowest BCUT2D eigenvalue weighted by Crippen LogP contribution is -2.41. The number of esters is 1. The van der Waals surface area contributed by atoms with Gasteiger partial charge in [-0.3, -0.25) is 9.79 Å². The molecule has 3 nitrogen and oxygen atoms in total. The molecule has 2 heterocycles. The van der Waals surface area contributed by atoms with E-state index in [1.807, 2.05) is 0 Å². The number of hydrogen-bond acceptors (Lipinski definition) is 3. The molecule has 4 rings (SSSR count).